The Morgan fingerprint density at radius 1 is 1.32 bits per heavy atom. The molecule has 2 atom stereocenters. The summed E-state index contributed by atoms with van der Waals surface area (Å²) in [6.07, 6.45) is 1.54. The molecule has 2 N–H and O–H groups in total. The minimum Gasteiger partial charge on any atom is -0.481 e. The van der Waals surface area contributed by atoms with Gasteiger partial charge in [0.25, 0.3) is 5.56 Å². The Morgan fingerprint density at radius 3 is 2.47 bits per heavy atom. The number of carbonyl (C=O) groups excluding carboxylic acids is 1. The van der Waals surface area contributed by atoms with E-state index >= 15 is 0 Å². The predicted octanol–water partition coefficient (Wildman–Crippen LogP) is 1.16. The van der Waals surface area contributed by atoms with E-state index in [1.807, 2.05) is 6.92 Å². The Labute approximate surface area is 111 Å². The van der Waals surface area contributed by atoms with E-state index in [1.54, 1.807) is 13.1 Å². The van der Waals surface area contributed by atoms with Gasteiger partial charge in [0.1, 0.15) is 0 Å². The number of aliphatic carboxylic acids is 1. The van der Waals surface area contributed by atoms with Crippen LogP contribution in [0.1, 0.15) is 20.8 Å². The van der Waals surface area contributed by atoms with Crippen LogP contribution in [0.25, 0.3) is 0 Å². The number of hydrogen-bond donors (Lipinski definition) is 2. The van der Waals surface area contributed by atoms with Crippen LogP contribution in [0.2, 0.25) is 0 Å². The van der Waals surface area contributed by atoms with Gasteiger partial charge in [-0.05, 0) is 13.0 Å². The number of pyridine rings is 1. The van der Waals surface area contributed by atoms with Crippen LogP contribution in [0.3, 0.4) is 0 Å². The predicted molar refractivity (Wildman–Crippen MR) is 71.0 cm³/mol. The van der Waals surface area contributed by atoms with E-state index < -0.39 is 17.8 Å². The van der Waals surface area contributed by atoms with Gasteiger partial charge >= 0.3 is 5.97 Å². The Bertz CT molecular complexity index is 536. The molecule has 0 spiro atoms. The molecule has 0 saturated heterocycles. The first-order chi connectivity index (χ1) is 8.86. The molecule has 0 radical (unpaired) electrons. The van der Waals surface area contributed by atoms with Gasteiger partial charge in [0.05, 0.1) is 11.6 Å². The highest BCUT2D eigenvalue weighted by atomic mass is 16.4. The van der Waals surface area contributed by atoms with Gasteiger partial charge in [-0.3, -0.25) is 14.4 Å². The fraction of sp³-hybridized carbons (Fsp3) is 0.462. The highest BCUT2D eigenvalue weighted by Gasteiger charge is 2.25. The van der Waals surface area contributed by atoms with Crippen molar-refractivity contribution >= 4 is 17.6 Å². The molecule has 1 aromatic heterocycles. The van der Waals surface area contributed by atoms with Crippen molar-refractivity contribution in [1.82, 2.24) is 4.57 Å². The summed E-state index contributed by atoms with van der Waals surface area (Å²) >= 11 is 0. The fourth-order valence-corrected chi connectivity index (χ4v) is 1.55. The van der Waals surface area contributed by atoms with Crippen LogP contribution >= 0.6 is 0 Å². The molecule has 6 heteroatoms. The maximum Gasteiger partial charge on any atom is 0.307 e. The van der Waals surface area contributed by atoms with Gasteiger partial charge in [-0.15, -0.1) is 0 Å². The molecule has 1 aromatic rings. The second kappa shape index (κ2) is 6.17. The van der Waals surface area contributed by atoms with E-state index in [0.717, 1.165) is 0 Å². The molecule has 19 heavy (non-hydrogen) atoms. The van der Waals surface area contributed by atoms with Crippen LogP contribution in [0.4, 0.5) is 5.69 Å². The number of carboxylic acids is 1. The van der Waals surface area contributed by atoms with E-state index in [0.29, 0.717) is 12.2 Å². The van der Waals surface area contributed by atoms with Gasteiger partial charge in [-0.25, -0.2) is 0 Å². The van der Waals surface area contributed by atoms with Gasteiger partial charge in [-0.1, -0.05) is 13.8 Å². The summed E-state index contributed by atoms with van der Waals surface area (Å²) in [4.78, 5) is 34.1. The van der Waals surface area contributed by atoms with Crippen molar-refractivity contribution in [1.29, 1.82) is 0 Å². The number of aryl methyl sites for hydroxylation is 1. The maximum atomic E-state index is 11.9. The largest absolute Gasteiger partial charge is 0.481 e. The number of carbonyl (C=O) groups is 2. The minimum absolute atomic E-state index is 0.146. The highest BCUT2D eigenvalue weighted by molar-refractivity contribution is 5.94. The van der Waals surface area contributed by atoms with E-state index in [-0.39, 0.29) is 11.5 Å². The average molecular weight is 266 g/mol. The van der Waals surface area contributed by atoms with Crippen LogP contribution in [0.5, 0.6) is 0 Å². The van der Waals surface area contributed by atoms with Crippen LogP contribution < -0.4 is 10.9 Å². The van der Waals surface area contributed by atoms with Crippen molar-refractivity contribution in [2.75, 3.05) is 5.32 Å². The molecular weight excluding hydrogens is 248 g/mol. The Morgan fingerprint density at radius 2 is 1.95 bits per heavy atom. The third-order valence-electron chi connectivity index (χ3n) is 3.14. The molecule has 0 saturated carbocycles. The topological polar surface area (TPSA) is 88.4 Å². The number of nitrogens with zero attached hydrogens (tertiary/aromatic N) is 1. The first kappa shape index (κ1) is 14.9. The molecule has 0 aromatic carbocycles. The van der Waals surface area contributed by atoms with E-state index in [1.165, 1.54) is 23.6 Å². The Balaban J connectivity index is 2.82. The molecule has 1 rings (SSSR count). The first-order valence-corrected chi connectivity index (χ1v) is 6.11. The quantitative estimate of drug-likeness (QED) is 0.837. The van der Waals surface area contributed by atoms with Gasteiger partial charge in [-0.2, -0.15) is 0 Å². The summed E-state index contributed by atoms with van der Waals surface area (Å²) in [5.41, 5.74) is 0.336. The van der Waals surface area contributed by atoms with Crippen molar-refractivity contribution in [3.8, 4) is 0 Å². The lowest BCUT2D eigenvalue weighted by molar-refractivity contribution is -0.145. The molecule has 0 aliphatic heterocycles. The van der Waals surface area contributed by atoms with E-state index in [2.05, 4.69) is 5.32 Å². The summed E-state index contributed by atoms with van der Waals surface area (Å²) in [7, 11) is 0. The van der Waals surface area contributed by atoms with Crippen molar-refractivity contribution < 1.29 is 14.7 Å². The third kappa shape index (κ3) is 3.67. The number of anilines is 1. The van der Waals surface area contributed by atoms with Crippen molar-refractivity contribution in [2.24, 2.45) is 11.8 Å². The lowest BCUT2D eigenvalue weighted by Crippen LogP contribution is -2.30. The van der Waals surface area contributed by atoms with E-state index in [9.17, 15) is 14.4 Å². The molecule has 6 nitrogen and oxygen atoms in total. The monoisotopic (exact) mass is 266 g/mol. The molecule has 1 heterocycles. The second-order valence-corrected chi connectivity index (χ2v) is 4.45. The molecule has 104 valence electrons. The standard InChI is InChI=1S/C13H18N2O4/c1-4-15-7-10(5-6-11(15)16)14-12(17)8(2)9(3)13(18)19/h5-9H,4H2,1-3H3,(H,14,17)(H,18,19). The van der Waals surface area contributed by atoms with Gasteiger partial charge in [0, 0.05) is 24.7 Å². The summed E-state index contributed by atoms with van der Waals surface area (Å²) in [6.45, 7) is 5.37. The fourth-order valence-electron chi connectivity index (χ4n) is 1.55. The summed E-state index contributed by atoms with van der Waals surface area (Å²) in [5, 5.41) is 11.5. The molecule has 0 aliphatic rings. The zero-order chi connectivity index (χ0) is 14.6. The van der Waals surface area contributed by atoms with Crippen molar-refractivity contribution in [3.05, 3.63) is 28.7 Å². The SMILES string of the molecule is CCn1cc(NC(=O)C(C)C(C)C(=O)O)ccc1=O. The minimum atomic E-state index is -1.01. The van der Waals surface area contributed by atoms with Crippen molar-refractivity contribution in [3.63, 3.8) is 0 Å². The third-order valence-corrected chi connectivity index (χ3v) is 3.14. The second-order valence-electron chi connectivity index (χ2n) is 4.45. The van der Waals surface area contributed by atoms with E-state index in [4.69, 9.17) is 5.11 Å². The lowest BCUT2D eigenvalue weighted by atomic mass is 9.95. The number of nitrogens with one attached hydrogen (secondary N) is 1. The smallest absolute Gasteiger partial charge is 0.307 e. The summed E-state index contributed by atoms with van der Waals surface area (Å²) in [5.74, 6) is -2.81. The van der Waals surface area contributed by atoms with Crippen LogP contribution in [0.15, 0.2) is 23.1 Å². The number of rotatable bonds is 5. The zero-order valence-electron chi connectivity index (χ0n) is 11.2. The normalized spacial score (nSPS) is 13.6. The number of carboxylic acid groups (broad SMARTS) is 1. The van der Waals surface area contributed by atoms with Gasteiger partial charge < -0.3 is 15.0 Å². The number of aromatic nitrogens is 1. The molecule has 2 unspecified atom stereocenters. The molecule has 0 bridgehead atoms. The Kier molecular flexibility index (Phi) is 4.86. The average Bonchev–Trinajstić information content (AvgIpc) is 2.38. The number of hydrogen-bond acceptors (Lipinski definition) is 3. The van der Waals surface area contributed by atoms with Crippen LogP contribution in [-0.2, 0) is 16.1 Å². The first-order valence-electron chi connectivity index (χ1n) is 6.11. The molecule has 0 fully saturated rings. The molecule has 0 aliphatic carbocycles. The van der Waals surface area contributed by atoms with Gasteiger partial charge in [0.2, 0.25) is 5.91 Å². The highest BCUT2D eigenvalue weighted by Crippen LogP contribution is 2.14. The van der Waals surface area contributed by atoms with Crippen LogP contribution in [0, 0.1) is 11.8 Å². The maximum absolute atomic E-state index is 11.9. The van der Waals surface area contributed by atoms with Crippen LogP contribution in [-0.4, -0.2) is 21.6 Å². The molecular formula is C13H18N2O4. The lowest BCUT2D eigenvalue weighted by Gasteiger charge is -2.16. The summed E-state index contributed by atoms with van der Waals surface area (Å²) in [6, 6.07) is 2.87. The van der Waals surface area contributed by atoms with Gasteiger partial charge in [0.15, 0.2) is 0 Å². The summed E-state index contributed by atoms with van der Waals surface area (Å²) < 4.78 is 1.46. The number of amides is 1. The van der Waals surface area contributed by atoms with Crippen molar-refractivity contribution in [2.45, 2.75) is 27.3 Å². The zero-order valence-corrected chi connectivity index (χ0v) is 11.2. The molecule has 1 amide bonds. The Hall–Kier alpha value is -2.11.